The molecule has 7 heteroatoms. The van der Waals surface area contributed by atoms with Gasteiger partial charge in [0.05, 0.1) is 24.2 Å². The second-order valence-electron chi connectivity index (χ2n) is 7.48. The summed E-state index contributed by atoms with van der Waals surface area (Å²) in [5, 5.41) is 3.10. The molecule has 1 aliphatic rings. The summed E-state index contributed by atoms with van der Waals surface area (Å²) in [7, 11) is -3.64. The third-order valence-electron chi connectivity index (χ3n) is 5.31. The number of amides is 1. The Morgan fingerprint density at radius 1 is 1.07 bits per heavy atom. The molecule has 1 fully saturated rings. The van der Waals surface area contributed by atoms with Crippen molar-refractivity contribution >= 4 is 15.9 Å². The van der Waals surface area contributed by atoms with Crippen molar-refractivity contribution < 1.29 is 17.9 Å². The van der Waals surface area contributed by atoms with Crippen LogP contribution in [-0.4, -0.2) is 44.9 Å². The van der Waals surface area contributed by atoms with Crippen molar-refractivity contribution in [2.45, 2.75) is 43.5 Å². The normalized spacial score (nSPS) is 16.2. The van der Waals surface area contributed by atoms with Crippen LogP contribution in [0, 0.1) is 0 Å². The summed E-state index contributed by atoms with van der Waals surface area (Å²) in [5.41, 5.74) is 1.40. The second kappa shape index (κ2) is 10.7. The lowest BCUT2D eigenvalue weighted by molar-refractivity contribution is 0.0730. The SMILES string of the molecule is CCCCCC(NC(=O)c1cccc(S(=O)(=O)N2CCOCC2)c1)c1ccccc1. The van der Waals surface area contributed by atoms with Gasteiger partial charge in [-0.3, -0.25) is 4.79 Å². The Morgan fingerprint density at radius 2 is 1.80 bits per heavy atom. The molecule has 0 radical (unpaired) electrons. The zero-order valence-electron chi connectivity index (χ0n) is 17.4. The first-order valence-electron chi connectivity index (χ1n) is 10.6. The van der Waals surface area contributed by atoms with Crippen molar-refractivity contribution in [1.29, 1.82) is 0 Å². The summed E-state index contributed by atoms with van der Waals surface area (Å²) >= 11 is 0. The van der Waals surface area contributed by atoms with Crippen LogP contribution in [0.4, 0.5) is 0 Å². The van der Waals surface area contributed by atoms with Gasteiger partial charge in [-0.2, -0.15) is 4.31 Å². The van der Waals surface area contributed by atoms with E-state index in [-0.39, 0.29) is 16.8 Å². The molecule has 0 aromatic heterocycles. The van der Waals surface area contributed by atoms with Crippen LogP contribution >= 0.6 is 0 Å². The minimum absolute atomic E-state index is 0.107. The Labute approximate surface area is 179 Å². The number of hydrogen-bond donors (Lipinski definition) is 1. The number of carbonyl (C=O) groups is 1. The molecule has 2 aromatic rings. The highest BCUT2D eigenvalue weighted by Gasteiger charge is 2.27. The van der Waals surface area contributed by atoms with Crippen LogP contribution in [0.2, 0.25) is 0 Å². The fraction of sp³-hybridized carbons (Fsp3) is 0.435. The van der Waals surface area contributed by atoms with Crippen LogP contribution in [0.3, 0.4) is 0 Å². The molecule has 3 rings (SSSR count). The molecule has 0 saturated carbocycles. The van der Waals surface area contributed by atoms with Crippen molar-refractivity contribution in [1.82, 2.24) is 9.62 Å². The van der Waals surface area contributed by atoms with Crippen LogP contribution < -0.4 is 5.32 Å². The molecule has 1 atom stereocenters. The number of benzene rings is 2. The maximum absolute atomic E-state index is 13.0. The molecule has 1 aliphatic heterocycles. The second-order valence-corrected chi connectivity index (χ2v) is 9.41. The number of unbranched alkanes of at least 4 members (excludes halogenated alkanes) is 2. The molecule has 30 heavy (non-hydrogen) atoms. The van der Waals surface area contributed by atoms with Gasteiger partial charge in [-0.1, -0.05) is 62.6 Å². The first-order valence-corrected chi connectivity index (χ1v) is 12.0. The smallest absolute Gasteiger partial charge is 0.251 e. The summed E-state index contributed by atoms with van der Waals surface area (Å²) in [6.45, 7) is 3.57. The Kier molecular flexibility index (Phi) is 8.01. The molecule has 0 aliphatic carbocycles. The molecule has 1 unspecified atom stereocenters. The average molecular weight is 431 g/mol. The van der Waals surface area contributed by atoms with Crippen molar-refractivity contribution in [2.24, 2.45) is 0 Å². The molecular formula is C23H30N2O4S. The molecular weight excluding hydrogens is 400 g/mol. The predicted molar refractivity (Wildman–Crippen MR) is 117 cm³/mol. The molecule has 1 heterocycles. The zero-order chi connectivity index (χ0) is 21.4. The summed E-state index contributed by atoms with van der Waals surface area (Å²) in [5.74, 6) is -0.264. The van der Waals surface area contributed by atoms with E-state index in [9.17, 15) is 13.2 Å². The average Bonchev–Trinajstić information content (AvgIpc) is 2.79. The highest BCUT2D eigenvalue weighted by Crippen LogP contribution is 2.22. The summed E-state index contributed by atoms with van der Waals surface area (Å²) in [4.78, 5) is 13.1. The van der Waals surface area contributed by atoms with Crippen molar-refractivity contribution in [3.05, 3.63) is 65.7 Å². The molecule has 162 valence electrons. The van der Waals surface area contributed by atoms with Crippen LogP contribution in [0.5, 0.6) is 0 Å². The lowest BCUT2D eigenvalue weighted by atomic mass is 10.00. The van der Waals surface area contributed by atoms with Gasteiger partial charge in [0.15, 0.2) is 0 Å². The van der Waals surface area contributed by atoms with E-state index in [4.69, 9.17) is 4.74 Å². The first kappa shape index (κ1) is 22.5. The lowest BCUT2D eigenvalue weighted by Gasteiger charge is -2.26. The number of ether oxygens (including phenoxy) is 1. The third kappa shape index (κ3) is 5.68. The van der Waals surface area contributed by atoms with Gasteiger partial charge in [0, 0.05) is 18.7 Å². The van der Waals surface area contributed by atoms with Gasteiger partial charge in [0.2, 0.25) is 10.0 Å². The number of rotatable bonds is 9. The molecule has 6 nitrogen and oxygen atoms in total. The maximum atomic E-state index is 13.0. The molecule has 0 bridgehead atoms. The summed E-state index contributed by atoms with van der Waals surface area (Å²) in [6, 6.07) is 16.1. The van der Waals surface area contributed by atoms with Crippen LogP contribution in [0.1, 0.15) is 54.6 Å². The molecule has 1 N–H and O–H groups in total. The lowest BCUT2D eigenvalue weighted by Crippen LogP contribution is -2.40. The Balaban J connectivity index is 1.77. The minimum atomic E-state index is -3.64. The van der Waals surface area contributed by atoms with Gasteiger partial charge in [-0.05, 0) is 30.2 Å². The van der Waals surface area contributed by atoms with E-state index in [1.54, 1.807) is 12.1 Å². The first-order chi connectivity index (χ1) is 14.5. The number of nitrogens with zero attached hydrogens (tertiary/aromatic N) is 1. The minimum Gasteiger partial charge on any atom is -0.379 e. The molecule has 1 saturated heterocycles. The van der Waals surface area contributed by atoms with E-state index in [1.807, 2.05) is 30.3 Å². The molecule has 1 amide bonds. The van der Waals surface area contributed by atoms with Gasteiger partial charge in [0.1, 0.15) is 0 Å². The quantitative estimate of drug-likeness (QED) is 0.615. The number of sulfonamides is 1. The Bertz CT molecular complexity index is 925. The van der Waals surface area contributed by atoms with E-state index < -0.39 is 10.0 Å². The summed E-state index contributed by atoms with van der Waals surface area (Å²) in [6.07, 6.45) is 4.07. The standard InChI is InChI=1S/C23H30N2O4S/c1-2-3-5-13-22(19-9-6-4-7-10-19)24-23(26)20-11-8-12-21(18-20)30(27,28)25-14-16-29-17-15-25/h4,6-12,18,22H,2-3,5,13-17H2,1H3,(H,24,26). The van der Waals surface area contributed by atoms with Crippen molar-refractivity contribution in [3.8, 4) is 0 Å². The van der Waals surface area contributed by atoms with E-state index in [0.717, 1.165) is 31.2 Å². The Hall–Kier alpha value is -2.22. The van der Waals surface area contributed by atoms with Gasteiger partial charge in [-0.25, -0.2) is 8.42 Å². The van der Waals surface area contributed by atoms with E-state index in [2.05, 4.69) is 12.2 Å². The fourth-order valence-electron chi connectivity index (χ4n) is 3.58. The van der Waals surface area contributed by atoms with Gasteiger partial charge in [0.25, 0.3) is 5.91 Å². The third-order valence-corrected chi connectivity index (χ3v) is 7.20. The maximum Gasteiger partial charge on any atom is 0.251 e. The van der Waals surface area contributed by atoms with Gasteiger partial charge >= 0.3 is 0 Å². The number of carbonyl (C=O) groups excluding carboxylic acids is 1. The van der Waals surface area contributed by atoms with Crippen LogP contribution in [0.25, 0.3) is 0 Å². The highest BCUT2D eigenvalue weighted by molar-refractivity contribution is 7.89. The van der Waals surface area contributed by atoms with Gasteiger partial charge in [-0.15, -0.1) is 0 Å². The highest BCUT2D eigenvalue weighted by atomic mass is 32.2. The van der Waals surface area contributed by atoms with E-state index >= 15 is 0 Å². The van der Waals surface area contributed by atoms with Crippen molar-refractivity contribution in [2.75, 3.05) is 26.3 Å². The predicted octanol–water partition coefficient (Wildman–Crippen LogP) is 3.76. The number of morpholine rings is 1. The van der Waals surface area contributed by atoms with Crippen molar-refractivity contribution in [3.63, 3.8) is 0 Å². The monoisotopic (exact) mass is 430 g/mol. The zero-order valence-corrected chi connectivity index (χ0v) is 18.2. The van der Waals surface area contributed by atoms with E-state index in [1.165, 1.54) is 16.4 Å². The fourth-order valence-corrected chi connectivity index (χ4v) is 5.04. The topological polar surface area (TPSA) is 75.7 Å². The number of nitrogens with one attached hydrogen (secondary N) is 1. The largest absolute Gasteiger partial charge is 0.379 e. The van der Waals surface area contributed by atoms with E-state index in [0.29, 0.717) is 31.9 Å². The van der Waals surface area contributed by atoms with Crippen LogP contribution in [0.15, 0.2) is 59.5 Å². The van der Waals surface area contributed by atoms with Gasteiger partial charge < -0.3 is 10.1 Å². The molecule has 0 spiro atoms. The summed E-state index contributed by atoms with van der Waals surface area (Å²) < 4.78 is 32.5. The Morgan fingerprint density at radius 3 is 2.50 bits per heavy atom. The molecule has 2 aromatic carbocycles. The number of hydrogen-bond acceptors (Lipinski definition) is 4. The van der Waals surface area contributed by atoms with Crippen LogP contribution in [-0.2, 0) is 14.8 Å².